The maximum absolute atomic E-state index is 12.6. The van der Waals surface area contributed by atoms with Crippen molar-refractivity contribution in [1.29, 1.82) is 0 Å². The number of nitrogens with one attached hydrogen (secondary N) is 2. The van der Waals surface area contributed by atoms with Crippen LogP contribution in [0.3, 0.4) is 0 Å². The highest BCUT2D eigenvalue weighted by Crippen LogP contribution is 2.61. The zero-order valence-electron chi connectivity index (χ0n) is 27.5. The number of aliphatic hydroxyl groups excluding tert-OH is 3. The van der Waals surface area contributed by atoms with Gasteiger partial charge >= 0.3 is 23.5 Å². The lowest BCUT2D eigenvalue weighted by molar-refractivity contribution is -0.137. The highest BCUT2D eigenvalue weighted by molar-refractivity contribution is 7.99. The summed E-state index contributed by atoms with van der Waals surface area (Å²) in [6.07, 6.45) is -6.85. The molecule has 2 aromatic rings. The van der Waals surface area contributed by atoms with Crippen molar-refractivity contribution in [2.45, 2.75) is 50.9 Å². The number of nitrogen functional groups attached to an aromatic ring is 1. The summed E-state index contributed by atoms with van der Waals surface area (Å²) in [7, 11) is -16.4. The van der Waals surface area contributed by atoms with E-state index in [0.29, 0.717) is 18.1 Å². The average molecular weight is 824 g/mol. The van der Waals surface area contributed by atoms with Crippen molar-refractivity contribution in [2.24, 2.45) is 5.41 Å². The number of aliphatic hydroxyl groups is 3. The summed E-state index contributed by atoms with van der Waals surface area (Å²) in [5.74, 6) is -0.581. The molecule has 11 N–H and O–H groups in total. The van der Waals surface area contributed by atoms with E-state index in [1.807, 2.05) is 0 Å². The van der Waals surface area contributed by atoms with Gasteiger partial charge in [-0.3, -0.25) is 27.7 Å². The molecule has 294 valence electrons. The molecule has 0 radical (unpaired) electrons. The van der Waals surface area contributed by atoms with Gasteiger partial charge in [0.25, 0.3) is 0 Å². The molecular weight excluding hydrogens is 783 g/mol. The third-order valence-electron chi connectivity index (χ3n) is 6.91. The first-order valence-electron chi connectivity index (χ1n) is 14.9. The molecule has 3 heterocycles. The number of nitrogens with two attached hydrogens (primary N) is 1. The molecule has 0 bridgehead atoms. The Morgan fingerprint density at radius 1 is 1.12 bits per heavy atom. The van der Waals surface area contributed by atoms with Gasteiger partial charge in [-0.2, -0.15) is 16.1 Å². The van der Waals surface area contributed by atoms with E-state index in [1.54, 1.807) is 0 Å². The zero-order chi connectivity index (χ0) is 39.1. The fourth-order valence-corrected chi connectivity index (χ4v) is 7.85. The molecule has 1 aliphatic rings. The fourth-order valence-electron chi connectivity index (χ4n) is 4.39. The van der Waals surface area contributed by atoms with Gasteiger partial charge in [0.05, 0.1) is 31.1 Å². The normalized spacial score (nSPS) is 22.4. The summed E-state index contributed by atoms with van der Waals surface area (Å²) in [6, 6.07) is 0. The summed E-state index contributed by atoms with van der Waals surface area (Å²) in [4.78, 5) is 75.2. The summed E-state index contributed by atoms with van der Waals surface area (Å²) in [5, 5.41) is 35.3. The molecule has 3 unspecified atom stereocenters. The van der Waals surface area contributed by atoms with Gasteiger partial charge in [-0.25, -0.2) is 28.6 Å². The summed E-state index contributed by atoms with van der Waals surface area (Å²) in [6.45, 7) is 3.97. The molecule has 52 heavy (non-hydrogen) atoms. The smallest absolute Gasteiger partial charge is 0.481 e. The molecule has 7 atom stereocenters. The average Bonchev–Trinajstić information content (AvgIpc) is 3.58. The van der Waals surface area contributed by atoms with Crippen LogP contribution in [-0.2, 0) is 45.9 Å². The van der Waals surface area contributed by atoms with Gasteiger partial charge in [-0.05, 0) is 0 Å². The van der Waals surface area contributed by atoms with Crippen LogP contribution in [0.1, 0.15) is 26.5 Å². The minimum Gasteiger partial charge on any atom is -0.512 e. The van der Waals surface area contributed by atoms with Crippen LogP contribution < -0.4 is 16.4 Å². The number of thioether (sulfide) groups is 1. The second kappa shape index (κ2) is 18.2. The first kappa shape index (κ1) is 43.8. The third kappa shape index (κ3) is 13.1. The van der Waals surface area contributed by atoms with E-state index in [4.69, 9.17) is 24.6 Å². The molecule has 0 aliphatic carbocycles. The lowest BCUT2D eigenvalue weighted by Gasteiger charge is -2.30. The van der Waals surface area contributed by atoms with Crippen LogP contribution in [0.25, 0.3) is 11.2 Å². The van der Waals surface area contributed by atoms with Gasteiger partial charge in [-0.15, -0.1) is 0 Å². The number of nitrogens with zero attached hydrogens (tertiary/aromatic N) is 4. The Kier molecular flexibility index (Phi) is 15.3. The van der Waals surface area contributed by atoms with Crippen molar-refractivity contribution < 1.29 is 80.8 Å². The van der Waals surface area contributed by atoms with Crippen molar-refractivity contribution in [3.05, 3.63) is 25.0 Å². The Bertz CT molecular complexity index is 1730. The lowest BCUT2D eigenvalue weighted by atomic mass is 9.87. The number of aromatic nitrogens is 4. The number of imidazole rings is 1. The molecule has 1 aliphatic heterocycles. The number of fused-ring (bicyclic) bond motifs is 1. The second-order valence-electron chi connectivity index (χ2n) is 11.7. The van der Waals surface area contributed by atoms with Crippen molar-refractivity contribution >= 4 is 64.0 Å². The number of hydrogen-bond acceptors (Lipinski definition) is 18. The highest BCUT2D eigenvalue weighted by atomic mass is 32.2. The number of anilines is 1. The molecule has 3 rings (SSSR count). The predicted molar refractivity (Wildman–Crippen MR) is 179 cm³/mol. The molecule has 24 nitrogen and oxygen atoms in total. The Morgan fingerprint density at radius 3 is 2.44 bits per heavy atom. The van der Waals surface area contributed by atoms with Gasteiger partial charge in [-0.1, -0.05) is 20.4 Å². The number of hydrogen-bond donors (Lipinski definition) is 10. The van der Waals surface area contributed by atoms with Gasteiger partial charge in [0.2, 0.25) is 11.8 Å². The van der Waals surface area contributed by atoms with Crippen molar-refractivity contribution in [1.82, 2.24) is 30.2 Å². The Labute approximate surface area is 299 Å². The molecule has 2 amide bonds. The zero-order valence-corrected chi connectivity index (χ0v) is 31.0. The Morgan fingerprint density at radius 2 is 1.79 bits per heavy atom. The third-order valence-corrected chi connectivity index (χ3v) is 11.0. The number of phosphoric acid groups is 3. The van der Waals surface area contributed by atoms with Crippen molar-refractivity contribution in [3.8, 4) is 0 Å². The second-order valence-corrected chi connectivity index (χ2v) is 17.0. The minimum absolute atomic E-state index is 0.00310. The van der Waals surface area contributed by atoms with E-state index >= 15 is 0 Å². The van der Waals surface area contributed by atoms with E-state index in [1.165, 1.54) is 25.6 Å². The van der Waals surface area contributed by atoms with Crippen LogP contribution in [0.15, 0.2) is 25.0 Å². The molecule has 0 spiro atoms. The summed E-state index contributed by atoms with van der Waals surface area (Å²) >= 11 is 1.34. The van der Waals surface area contributed by atoms with Crippen LogP contribution in [0, 0.1) is 5.41 Å². The largest absolute Gasteiger partial charge is 0.512 e. The molecule has 0 saturated carbocycles. The van der Waals surface area contributed by atoms with E-state index in [0.717, 1.165) is 17.2 Å². The van der Waals surface area contributed by atoms with Crippen LogP contribution in [0.2, 0.25) is 0 Å². The number of carbonyl (C=O) groups excluding carboxylic acids is 2. The van der Waals surface area contributed by atoms with Gasteiger partial charge in [0.1, 0.15) is 36.3 Å². The minimum atomic E-state index is -5.56. The Balaban J connectivity index is 1.53. The standard InChI is InChI=1S/C24H40N7O17P3S/c1-13(32)9-52-7-6-26-15(33)4-5-27-22(36)19(35)24(2,3)10-45-51(42,43)48-50(40,41)44-8-14-18(47-49(37,38)39)17(34)23(46-14)31-12-30-16-20(25)28-11-29-21(16)31/h11-12,14,17-19,23,32,34-35H,1,4-10H2,2-3H3,(H,26,33)(H,27,36)(H,40,41)(H,42,43)(H2,25,28,29)(H2,37,38,39)/t14-,17-,18-,19?,23-/m1/s1. The molecule has 0 aromatic carbocycles. The predicted octanol–water partition coefficient (Wildman–Crippen LogP) is -0.790. The van der Waals surface area contributed by atoms with E-state index in [-0.39, 0.29) is 35.7 Å². The maximum atomic E-state index is 12.6. The number of rotatable bonds is 21. The molecular formula is C24H40N7O17P3S. The van der Waals surface area contributed by atoms with E-state index in [9.17, 15) is 53.1 Å². The highest BCUT2D eigenvalue weighted by Gasteiger charge is 2.50. The maximum Gasteiger partial charge on any atom is 0.481 e. The summed E-state index contributed by atoms with van der Waals surface area (Å²) in [5.41, 5.74) is 4.27. The van der Waals surface area contributed by atoms with Gasteiger partial charge < -0.3 is 56.0 Å². The molecule has 28 heteroatoms. The number of phosphoric ester groups is 3. The molecule has 1 fully saturated rings. The van der Waals surface area contributed by atoms with Crippen LogP contribution in [-0.4, -0.2) is 128 Å². The van der Waals surface area contributed by atoms with Gasteiger partial charge in [0.15, 0.2) is 17.7 Å². The van der Waals surface area contributed by atoms with Crippen LogP contribution in [0.5, 0.6) is 0 Å². The van der Waals surface area contributed by atoms with E-state index in [2.05, 4.69) is 41.0 Å². The van der Waals surface area contributed by atoms with Crippen LogP contribution in [0.4, 0.5) is 5.82 Å². The number of ether oxygens (including phenoxy) is 1. The lowest BCUT2D eigenvalue weighted by Crippen LogP contribution is -2.46. The summed E-state index contributed by atoms with van der Waals surface area (Å²) < 4.78 is 61.9. The number of amides is 2. The fraction of sp³-hybridized carbons (Fsp3) is 0.625. The van der Waals surface area contributed by atoms with E-state index < -0.39 is 84.6 Å². The quantitative estimate of drug-likeness (QED) is 0.0419. The monoisotopic (exact) mass is 823 g/mol. The SMILES string of the molecule is C=C(O)CSCCNC(=O)CCNC(=O)C(O)C(C)(C)COP(=O)(O)OP(=O)(O)OC[C@H]1O[C@@H](n2cnc3c(N)ncnc32)[C@H](O)[C@@H]1OP(=O)(O)O. The first-order chi connectivity index (χ1) is 24.0. The first-order valence-corrected chi connectivity index (χ1v) is 20.5. The number of carbonyl (C=O) groups is 2. The van der Waals surface area contributed by atoms with Gasteiger partial charge in [0, 0.05) is 30.7 Å². The molecule has 2 aromatic heterocycles. The van der Waals surface area contributed by atoms with Crippen LogP contribution >= 0.6 is 35.2 Å². The molecule has 1 saturated heterocycles. The topological polar surface area (TPSA) is 367 Å². The van der Waals surface area contributed by atoms with Crippen molar-refractivity contribution in [3.63, 3.8) is 0 Å². The Hall–Kier alpha value is -2.57. The van der Waals surface area contributed by atoms with Crippen molar-refractivity contribution in [2.75, 3.05) is 43.5 Å².